The summed E-state index contributed by atoms with van der Waals surface area (Å²) >= 11 is 7.32. The zero-order valence-corrected chi connectivity index (χ0v) is 15.7. The fourth-order valence-electron chi connectivity index (χ4n) is 2.25. The summed E-state index contributed by atoms with van der Waals surface area (Å²) in [5, 5.41) is 15.8. The van der Waals surface area contributed by atoms with Crippen molar-refractivity contribution >= 4 is 40.6 Å². The zero-order chi connectivity index (χ0) is 18.4. The molecule has 0 radical (unpaired) electrons. The maximum absolute atomic E-state index is 12.0. The Kier molecular flexibility index (Phi) is 6.14. The van der Waals surface area contributed by atoms with E-state index in [1.54, 1.807) is 0 Å². The number of hydrogen-bond acceptors (Lipinski definition) is 5. The van der Waals surface area contributed by atoms with Crippen LogP contribution in [-0.2, 0) is 18.4 Å². The fraction of sp³-hybridized carbons (Fsp3) is 0.167. The van der Waals surface area contributed by atoms with Crippen LogP contribution in [0.1, 0.15) is 5.82 Å². The lowest BCUT2D eigenvalue weighted by Gasteiger charge is -2.07. The molecule has 0 bridgehead atoms. The fourth-order valence-corrected chi connectivity index (χ4v) is 3.17. The molecule has 3 rings (SSSR count). The number of thioether (sulfide) groups is 1. The maximum Gasteiger partial charge on any atom is 0.234 e. The van der Waals surface area contributed by atoms with E-state index in [1.165, 1.54) is 11.8 Å². The molecule has 1 heterocycles. The Morgan fingerprint density at radius 3 is 2.65 bits per heavy atom. The molecule has 3 aromatic rings. The lowest BCUT2D eigenvalue weighted by atomic mass is 10.3. The summed E-state index contributed by atoms with van der Waals surface area (Å²) < 4.78 is 1.87. The van der Waals surface area contributed by atoms with Gasteiger partial charge >= 0.3 is 0 Å². The Balaban J connectivity index is 1.52. The molecule has 0 saturated heterocycles. The summed E-state index contributed by atoms with van der Waals surface area (Å²) in [6.07, 6.45) is 0. The molecule has 0 atom stereocenters. The van der Waals surface area contributed by atoms with Gasteiger partial charge in [-0.25, -0.2) is 0 Å². The third-order valence-corrected chi connectivity index (χ3v) is 4.85. The Hall–Kier alpha value is -2.51. The first-order chi connectivity index (χ1) is 12.6. The Morgan fingerprint density at radius 1 is 1.12 bits per heavy atom. The van der Waals surface area contributed by atoms with Crippen LogP contribution in [0.2, 0.25) is 5.02 Å². The van der Waals surface area contributed by atoms with Crippen molar-refractivity contribution in [2.24, 2.45) is 7.05 Å². The molecule has 8 heteroatoms. The van der Waals surface area contributed by atoms with Gasteiger partial charge in [0.25, 0.3) is 0 Å². The number of aromatic nitrogens is 3. The molecule has 0 aliphatic heterocycles. The highest BCUT2D eigenvalue weighted by atomic mass is 35.5. The second-order valence-corrected chi connectivity index (χ2v) is 6.90. The van der Waals surface area contributed by atoms with Crippen molar-refractivity contribution in [1.29, 1.82) is 0 Å². The number of rotatable bonds is 7. The minimum Gasteiger partial charge on any atom is -0.378 e. The molecule has 26 heavy (non-hydrogen) atoms. The number of nitrogens with one attached hydrogen (secondary N) is 2. The number of hydrogen-bond donors (Lipinski definition) is 2. The van der Waals surface area contributed by atoms with E-state index in [0.717, 1.165) is 17.2 Å². The van der Waals surface area contributed by atoms with E-state index >= 15 is 0 Å². The van der Waals surface area contributed by atoms with Gasteiger partial charge in [-0.3, -0.25) is 4.79 Å². The van der Waals surface area contributed by atoms with Crippen molar-refractivity contribution < 1.29 is 4.79 Å². The Labute approximate surface area is 161 Å². The minimum atomic E-state index is -0.0807. The molecule has 2 N–H and O–H groups in total. The first kappa shape index (κ1) is 18.3. The summed E-state index contributed by atoms with van der Waals surface area (Å²) in [4.78, 5) is 12.0. The third kappa shape index (κ3) is 5.00. The lowest BCUT2D eigenvalue weighted by molar-refractivity contribution is -0.113. The predicted octanol–water partition coefficient (Wildman–Crippen LogP) is 3.81. The summed E-state index contributed by atoms with van der Waals surface area (Å²) in [5.74, 6) is 0.960. The number of anilines is 2. The summed E-state index contributed by atoms with van der Waals surface area (Å²) in [6, 6.07) is 16.9. The molecule has 1 aromatic heterocycles. The minimum absolute atomic E-state index is 0.0807. The molecule has 0 aliphatic rings. The van der Waals surface area contributed by atoms with Crippen LogP contribution in [0.4, 0.5) is 11.4 Å². The molecule has 0 unspecified atom stereocenters. The lowest BCUT2D eigenvalue weighted by Crippen LogP contribution is -2.14. The highest BCUT2D eigenvalue weighted by molar-refractivity contribution is 7.99. The predicted molar refractivity (Wildman–Crippen MR) is 106 cm³/mol. The first-order valence-electron chi connectivity index (χ1n) is 7.97. The van der Waals surface area contributed by atoms with Gasteiger partial charge in [-0.15, -0.1) is 10.2 Å². The third-order valence-electron chi connectivity index (χ3n) is 3.59. The number of amides is 1. The van der Waals surface area contributed by atoms with Crippen LogP contribution < -0.4 is 10.6 Å². The quantitative estimate of drug-likeness (QED) is 0.603. The summed E-state index contributed by atoms with van der Waals surface area (Å²) in [6.45, 7) is 0.514. The van der Waals surface area contributed by atoms with E-state index < -0.39 is 0 Å². The molecule has 0 spiro atoms. The van der Waals surface area contributed by atoms with E-state index in [0.29, 0.717) is 16.7 Å². The molecule has 134 valence electrons. The highest BCUT2D eigenvalue weighted by Gasteiger charge is 2.11. The van der Waals surface area contributed by atoms with Crippen molar-refractivity contribution in [3.63, 3.8) is 0 Å². The standard InChI is InChI=1S/C18H18ClN5OS/c1-24-16(11-20-15-9-5-6-13(19)10-15)22-23-18(24)26-12-17(25)21-14-7-3-2-4-8-14/h2-10,20H,11-12H2,1H3,(H,21,25). The van der Waals surface area contributed by atoms with Gasteiger partial charge in [-0.05, 0) is 30.3 Å². The summed E-state index contributed by atoms with van der Waals surface area (Å²) in [7, 11) is 1.88. The van der Waals surface area contributed by atoms with Crippen molar-refractivity contribution in [1.82, 2.24) is 14.8 Å². The van der Waals surface area contributed by atoms with Crippen LogP contribution in [0.3, 0.4) is 0 Å². The molecule has 0 fully saturated rings. The second kappa shape index (κ2) is 8.73. The van der Waals surface area contributed by atoms with Crippen LogP contribution in [0.5, 0.6) is 0 Å². The normalized spacial score (nSPS) is 10.5. The van der Waals surface area contributed by atoms with Crippen LogP contribution in [0.25, 0.3) is 0 Å². The SMILES string of the molecule is Cn1c(CNc2cccc(Cl)c2)nnc1SCC(=O)Nc1ccccc1. The van der Waals surface area contributed by atoms with Crippen LogP contribution in [-0.4, -0.2) is 26.4 Å². The van der Waals surface area contributed by atoms with Gasteiger partial charge in [0.1, 0.15) is 0 Å². The topological polar surface area (TPSA) is 71.8 Å². The van der Waals surface area contributed by atoms with Gasteiger partial charge in [-0.2, -0.15) is 0 Å². The average Bonchev–Trinajstić information content (AvgIpc) is 2.99. The molecule has 6 nitrogen and oxygen atoms in total. The van der Waals surface area contributed by atoms with Crippen molar-refractivity contribution in [2.45, 2.75) is 11.7 Å². The van der Waals surface area contributed by atoms with Crippen molar-refractivity contribution in [2.75, 3.05) is 16.4 Å². The molecule has 0 saturated carbocycles. The van der Waals surface area contributed by atoms with Crippen LogP contribution >= 0.6 is 23.4 Å². The largest absolute Gasteiger partial charge is 0.378 e. The number of para-hydroxylation sites is 1. The van der Waals surface area contributed by atoms with E-state index in [9.17, 15) is 4.79 Å². The van der Waals surface area contributed by atoms with Crippen LogP contribution in [0.15, 0.2) is 59.8 Å². The van der Waals surface area contributed by atoms with Gasteiger partial charge in [0, 0.05) is 23.4 Å². The Bertz CT molecular complexity index is 884. The first-order valence-corrected chi connectivity index (χ1v) is 9.33. The van der Waals surface area contributed by atoms with Crippen molar-refractivity contribution in [3.05, 3.63) is 65.4 Å². The monoisotopic (exact) mass is 387 g/mol. The smallest absolute Gasteiger partial charge is 0.234 e. The number of carbonyl (C=O) groups excluding carboxylic acids is 1. The number of nitrogens with zero attached hydrogens (tertiary/aromatic N) is 3. The van der Waals surface area contributed by atoms with E-state index in [-0.39, 0.29) is 11.7 Å². The van der Waals surface area contributed by atoms with Crippen molar-refractivity contribution in [3.8, 4) is 0 Å². The number of halogens is 1. The Morgan fingerprint density at radius 2 is 1.88 bits per heavy atom. The molecule has 1 amide bonds. The maximum atomic E-state index is 12.0. The van der Waals surface area contributed by atoms with Gasteiger partial charge in [0.05, 0.1) is 12.3 Å². The highest BCUT2D eigenvalue weighted by Crippen LogP contribution is 2.18. The van der Waals surface area contributed by atoms with Crippen LogP contribution in [0, 0.1) is 0 Å². The zero-order valence-electron chi connectivity index (χ0n) is 14.1. The molecule has 2 aromatic carbocycles. The van der Waals surface area contributed by atoms with Gasteiger partial charge in [-0.1, -0.05) is 47.6 Å². The number of benzene rings is 2. The van der Waals surface area contributed by atoms with E-state index in [1.807, 2.05) is 66.2 Å². The van der Waals surface area contributed by atoms with Gasteiger partial charge in [0.2, 0.25) is 5.91 Å². The summed E-state index contributed by atoms with van der Waals surface area (Å²) in [5.41, 5.74) is 1.69. The van der Waals surface area contributed by atoms with Gasteiger partial charge in [0.15, 0.2) is 11.0 Å². The van der Waals surface area contributed by atoms with E-state index in [4.69, 9.17) is 11.6 Å². The molecular weight excluding hydrogens is 370 g/mol. The number of carbonyl (C=O) groups is 1. The molecule has 0 aliphatic carbocycles. The second-order valence-electron chi connectivity index (χ2n) is 5.52. The molecular formula is C18H18ClN5OS. The van der Waals surface area contributed by atoms with E-state index in [2.05, 4.69) is 20.8 Å². The van der Waals surface area contributed by atoms with Gasteiger partial charge < -0.3 is 15.2 Å². The average molecular weight is 388 g/mol.